The molecule has 2 aromatic carbocycles. The Bertz CT molecular complexity index is 1350. The third-order valence-corrected chi connectivity index (χ3v) is 8.94. The second-order valence-electron chi connectivity index (χ2n) is 11.9. The minimum atomic E-state index is -0.648. The standard InChI is InChI=1S/C32H42N8O2/c1-38-17-19-40(20-18-38)26-13-15-39(16-14-26)25-10-7-23(8-11-25)34-32-29(30(33)42)36-28(22-5-3-2-4-6-22)31(37-32)35-24-9-12-27(41)21-24/h2-8,10-11,24,26-27,41H,9,12-21H2,1H3,(H2,33,42)(H2,34,35,37)/t24-,27+/m0/s1. The fourth-order valence-electron chi connectivity index (χ4n) is 6.44. The number of rotatable bonds is 8. The van der Waals surface area contributed by atoms with E-state index < -0.39 is 5.91 Å². The topological polar surface area (TPSA) is 123 Å². The van der Waals surface area contributed by atoms with Crippen molar-refractivity contribution in [1.29, 1.82) is 0 Å². The van der Waals surface area contributed by atoms with Gasteiger partial charge in [0.05, 0.1) is 6.10 Å². The number of piperidine rings is 1. The Balaban J connectivity index is 1.18. The SMILES string of the molecule is CN1CCN(C2CCN(c3ccc(Nc4nc(N[C@H]5CC[C@@H](O)C5)c(-c5ccccc5)nc4C(N)=O)cc3)CC2)CC1. The molecule has 1 saturated carbocycles. The number of nitrogens with one attached hydrogen (secondary N) is 2. The van der Waals surface area contributed by atoms with Gasteiger partial charge in [0.2, 0.25) is 0 Å². The first-order valence-corrected chi connectivity index (χ1v) is 15.2. The molecule has 2 aliphatic heterocycles. The van der Waals surface area contributed by atoms with Crippen molar-refractivity contribution in [1.82, 2.24) is 19.8 Å². The molecule has 42 heavy (non-hydrogen) atoms. The van der Waals surface area contributed by atoms with Gasteiger partial charge in [-0.2, -0.15) is 0 Å². The summed E-state index contributed by atoms with van der Waals surface area (Å²) in [4.78, 5) is 29.6. The van der Waals surface area contributed by atoms with Crippen molar-refractivity contribution in [3.05, 3.63) is 60.3 Å². The maximum absolute atomic E-state index is 12.5. The van der Waals surface area contributed by atoms with E-state index in [2.05, 4.69) is 44.5 Å². The number of hydrogen-bond acceptors (Lipinski definition) is 9. The van der Waals surface area contributed by atoms with Crippen molar-refractivity contribution < 1.29 is 9.90 Å². The fourth-order valence-corrected chi connectivity index (χ4v) is 6.44. The average Bonchev–Trinajstić information content (AvgIpc) is 3.42. The van der Waals surface area contributed by atoms with E-state index in [-0.39, 0.29) is 17.8 Å². The Labute approximate surface area is 247 Å². The molecule has 2 atom stereocenters. The van der Waals surface area contributed by atoms with Crippen LogP contribution in [0.5, 0.6) is 0 Å². The Hall–Kier alpha value is -3.73. The molecule has 10 heteroatoms. The van der Waals surface area contributed by atoms with Crippen molar-refractivity contribution in [2.45, 2.75) is 50.3 Å². The van der Waals surface area contributed by atoms with Crippen LogP contribution in [0.1, 0.15) is 42.6 Å². The maximum atomic E-state index is 12.5. The van der Waals surface area contributed by atoms with Gasteiger partial charge in [-0.3, -0.25) is 9.69 Å². The van der Waals surface area contributed by atoms with Crippen LogP contribution in [0.4, 0.5) is 23.0 Å². The molecule has 222 valence electrons. The van der Waals surface area contributed by atoms with E-state index in [4.69, 9.17) is 15.7 Å². The molecular formula is C32H42N8O2. The molecule has 2 saturated heterocycles. The largest absolute Gasteiger partial charge is 0.393 e. The van der Waals surface area contributed by atoms with Crippen LogP contribution in [0.2, 0.25) is 0 Å². The first-order chi connectivity index (χ1) is 20.4. The number of nitrogens with zero attached hydrogens (tertiary/aromatic N) is 5. The monoisotopic (exact) mass is 570 g/mol. The number of likely N-dealkylation sites (N-methyl/N-ethyl adjacent to an activating group) is 1. The van der Waals surface area contributed by atoms with Crippen LogP contribution in [0, 0.1) is 0 Å². The molecule has 0 spiro atoms. The molecule has 3 heterocycles. The van der Waals surface area contributed by atoms with Crippen LogP contribution in [0.3, 0.4) is 0 Å². The Morgan fingerprint density at radius 2 is 1.60 bits per heavy atom. The van der Waals surface area contributed by atoms with Gasteiger partial charge < -0.3 is 31.3 Å². The van der Waals surface area contributed by atoms with E-state index in [9.17, 15) is 9.90 Å². The predicted octanol–water partition coefficient (Wildman–Crippen LogP) is 3.53. The quantitative estimate of drug-likeness (QED) is 0.322. The van der Waals surface area contributed by atoms with Crippen LogP contribution < -0.4 is 21.3 Å². The molecule has 1 aliphatic carbocycles. The maximum Gasteiger partial charge on any atom is 0.271 e. The normalized spacial score (nSPS) is 22.3. The second kappa shape index (κ2) is 12.6. The zero-order valence-corrected chi connectivity index (χ0v) is 24.4. The van der Waals surface area contributed by atoms with Crippen LogP contribution in [-0.4, -0.2) is 95.3 Å². The molecule has 0 bridgehead atoms. The van der Waals surface area contributed by atoms with E-state index in [1.165, 1.54) is 31.6 Å². The summed E-state index contributed by atoms with van der Waals surface area (Å²) >= 11 is 0. The minimum absolute atomic E-state index is 0.0729. The van der Waals surface area contributed by atoms with E-state index in [0.29, 0.717) is 29.8 Å². The lowest BCUT2D eigenvalue weighted by atomic mass is 10.0. The highest BCUT2D eigenvalue weighted by atomic mass is 16.3. The van der Waals surface area contributed by atoms with E-state index in [0.717, 1.165) is 50.3 Å². The number of anilines is 4. The highest BCUT2D eigenvalue weighted by Crippen LogP contribution is 2.32. The molecule has 6 rings (SSSR count). The van der Waals surface area contributed by atoms with Gasteiger partial charge in [-0.1, -0.05) is 30.3 Å². The molecule has 1 amide bonds. The van der Waals surface area contributed by atoms with Gasteiger partial charge >= 0.3 is 0 Å². The zero-order valence-electron chi connectivity index (χ0n) is 24.4. The van der Waals surface area contributed by atoms with Crippen molar-refractivity contribution in [3.8, 4) is 11.3 Å². The van der Waals surface area contributed by atoms with E-state index >= 15 is 0 Å². The van der Waals surface area contributed by atoms with Gasteiger partial charge in [-0.25, -0.2) is 9.97 Å². The lowest BCUT2D eigenvalue weighted by Crippen LogP contribution is -2.52. The third-order valence-electron chi connectivity index (χ3n) is 8.94. The lowest BCUT2D eigenvalue weighted by molar-refractivity contribution is 0.0982. The number of primary amides is 1. The highest BCUT2D eigenvalue weighted by Gasteiger charge is 2.28. The number of aromatic nitrogens is 2. The van der Waals surface area contributed by atoms with Gasteiger partial charge in [0.15, 0.2) is 17.3 Å². The summed E-state index contributed by atoms with van der Waals surface area (Å²) in [5, 5.41) is 16.8. The molecule has 3 fully saturated rings. The number of hydrogen-bond donors (Lipinski definition) is 4. The number of benzene rings is 2. The first-order valence-electron chi connectivity index (χ1n) is 15.2. The van der Waals surface area contributed by atoms with Gasteiger partial charge in [0.25, 0.3) is 5.91 Å². The summed E-state index contributed by atoms with van der Waals surface area (Å²) in [6, 6.07) is 18.7. The van der Waals surface area contributed by atoms with Crippen LogP contribution in [0.25, 0.3) is 11.3 Å². The zero-order chi connectivity index (χ0) is 29.1. The summed E-state index contributed by atoms with van der Waals surface area (Å²) in [5.41, 5.74) is 9.27. The van der Waals surface area contributed by atoms with Gasteiger partial charge in [0.1, 0.15) is 5.69 Å². The summed E-state index contributed by atoms with van der Waals surface area (Å²) in [6.07, 6.45) is 4.27. The Morgan fingerprint density at radius 3 is 2.24 bits per heavy atom. The minimum Gasteiger partial charge on any atom is -0.393 e. The summed E-state index contributed by atoms with van der Waals surface area (Å²) in [7, 11) is 2.21. The predicted molar refractivity (Wildman–Crippen MR) is 167 cm³/mol. The average molecular weight is 571 g/mol. The number of amides is 1. The second-order valence-corrected chi connectivity index (χ2v) is 11.9. The van der Waals surface area contributed by atoms with Gasteiger partial charge in [-0.05, 0) is 63.4 Å². The molecule has 1 aromatic heterocycles. The Kier molecular flexibility index (Phi) is 8.55. The first kappa shape index (κ1) is 28.4. The number of aliphatic hydroxyl groups excluding tert-OH is 1. The third kappa shape index (κ3) is 6.51. The van der Waals surface area contributed by atoms with E-state index in [1.54, 1.807) is 0 Å². The number of piperazine rings is 1. The highest BCUT2D eigenvalue weighted by molar-refractivity contribution is 5.97. The number of carbonyl (C=O) groups is 1. The molecular weight excluding hydrogens is 528 g/mol. The molecule has 5 N–H and O–H groups in total. The van der Waals surface area contributed by atoms with Crippen LogP contribution >= 0.6 is 0 Å². The van der Waals surface area contributed by atoms with E-state index in [1.807, 2.05) is 42.5 Å². The lowest BCUT2D eigenvalue weighted by Gasteiger charge is -2.42. The van der Waals surface area contributed by atoms with Crippen LogP contribution in [0.15, 0.2) is 54.6 Å². The van der Waals surface area contributed by atoms with Crippen LogP contribution in [-0.2, 0) is 0 Å². The van der Waals surface area contributed by atoms with Crippen molar-refractivity contribution in [2.75, 3.05) is 61.8 Å². The molecule has 3 aromatic rings. The van der Waals surface area contributed by atoms with Gasteiger partial charge in [-0.15, -0.1) is 0 Å². The van der Waals surface area contributed by atoms with Crippen molar-refractivity contribution in [3.63, 3.8) is 0 Å². The summed E-state index contributed by atoms with van der Waals surface area (Å²) in [6.45, 7) is 6.76. The number of aliphatic hydroxyl groups is 1. The Morgan fingerprint density at radius 1 is 0.881 bits per heavy atom. The van der Waals surface area contributed by atoms with Crippen molar-refractivity contribution in [2.24, 2.45) is 5.73 Å². The number of carbonyl (C=O) groups excluding carboxylic acids is 1. The molecule has 0 unspecified atom stereocenters. The molecule has 3 aliphatic rings. The smallest absolute Gasteiger partial charge is 0.271 e. The number of nitrogens with two attached hydrogens (primary N) is 1. The molecule has 10 nitrogen and oxygen atoms in total. The fraction of sp³-hybridized carbons (Fsp3) is 0.469. The van der Waals surface area contributed by atoms with Crippen molar-refractivity contribution >= 4 is 28.9 Å². The summed E-state index contributed by atoms with van der Waals surface area (Å²) < 4.78 is 0. The molecule has 0 radical (unpaired) electrons. The summed E-state index contributed by atoms with van der Waals surface area (Å²) in [5.74, 6) is 0.224. The van der Waals surface area contributed by atoms with Gasteiger partial charge in [0, 0.05) is 68.3 Å².